The van der Waals surface area contributed by atoms with E-state index in [1.807, 2.05) is 18.2 Å². The van der Waals surface area contributed by atoms with Crippen molar-refractivity contribution >= 4 is 21.6 Å². The number of hydrogen-bond acceptors (Lipinski definition) is 4. The van der Waals surface area contributed by atoms with E-state index in [2.05, 4.69) is 21.8 Å². The van der Waals surface area contributed by atoms with Gasteiger partial charge in [0, 0.05) is 43.5 Å². The van der Waals surface area contributed by atoms with Crippen LogP contribution in [0.15, 0.2) is 59.5 Å². The molecule has 0 radical (unpaired) electrons. The summed E-state index contributed by atoms with van der Waals surface area (Å²) < 4.78 is 27.4. The van der Waals surface area contributed by atoms with Crippen molar-refractivity contribution < 1.29 is 13.2 Å². The lowest BCUT2D eigenvalue weighted by Gasteiger charge is -2.36. The maximum absolute atomic E-state index is 12.8. The summed E-state index contributed by atoms with van der Waals surface area (Å²) in [5.41, 5.74) is 1.57. The molecule has 2 aromatic carbocycles. The van der Waals surface area contributed by atoms with Crippen LogP contribution in [-0.2, 0) is 10.0 Å². The van der Waals surface area contributed by atoms with Gasteiger partial charge in [0.25, 0.3) is 5.91 Å². The Kier molecular flexibility index (Phi) is 4.88. The van der Waals surface area contributed by atoms with Crippen molar-refractivity contribution in [2.24, 2.45) is 0 Å². The molecule has 1 heterocycles. The normalized spacial score (nSPS) is 17.8. The van der Waals surface area contributed by atoms with E-state index in [1.54, 1.807) is 17.0 Å². The largest absolute Gasteiger partial charge is 0.368 e. The molecule has 0 bridgehead atoms. The van der Waals surface area contributed by atoms with Crippen molar-refractivity contribution in [3.8, 4) is 0 Å². The van der Waals surface area contributed by atoms with Crippen LogP contribution in [0.5, 0.6) is 0 Å². The van der Waals surface area contributed by atoms with Gasteiger partial charge in [-0.1, -0.05) is 24.3 Å². The van der Waals surface area contributed by atoms with E-state index >= 15 is 0 Å². The molecule has 0 aromatic heterocycles. The van der Waals surface area contributed by atoms with Crippen LogP contribution in [-0.4, -0.2) is 51.4 Å². The first-order valence-corrected chi connectivity index (χ1v) is 10.7. The number of para-hydroxylation sites is 1. The molecular weight excluding hydrogens is 362 g/mol. The van der Waals surface area contributed by atoms with E-state index in [0.717, 1.165) is 31.6 Å². The maximum atomic E-state index is 12.8. The summed E-state index contributed by atoms with van der Waals surface area (Å²) in [7, 11) is -3.56. The number of piperazine rings is 1. The van der Waals surface area contributed by atoms with Crippen LogP contribution in [0, 0.1) is 0 Å². The Morgan fingerprint density at radius 1 is 0.926 bits per heavy atom. The molecule has 1 aliphatic carbocycles. The molecule has 0 spiro atoms. The van der Waals surface area contributed by atoms with Gasteiger partial charge in [0.1, 0.15) is 0 Å². The summed E-state index contributed by atoms with van der Waals surface area (Å²) >= 11 is 0. The molecule has 27 heavy (non-hydrogen) atoms. The zero-order chi connectivity index (χ0) is 18.9. The van der Waals surface area contributed by atoms with Gasteiger partial charge in [-0.15, -0.1) is 0 Å². The number of nitrogens with zero attached hydrogens (tertiary/aromatic N) is 2. The summed E-state index contributed by atoms with van der Waals surface area (Å²) in [5.74, 6) is -0.119. The third-order valence-corrected chi connectivity index (χ3v) is 6.50. The van der Waals surface area contributed by atoms with Crippen molar-refractivity contribution in [3.63, 3.8) is 0 Å². The number of hydrogen-bond donors (Lipinski definition) is 1. The Morgan fingerprint density at radius 2 is 1.63 bits per heavy atom. The second-order valence-electron chi connectivity index (χ2n) is 7.04. The highest BCUT2D eigenvalue weighted by Crippen LogP contribution is 2.23. The Labute approximate surface area is 159 Å². The van der Waals surface area contributed by atoms with Crippen molar-refractivity contribution in [2.75, 3.05) is 31.1 Å². The summed E-state index contributed by atoms with van der Waals surface area (Å²) in [5, 5.41) is 0. The third-order valence-electron chi connectivity index (χ3n) is 4.98. The predicted octanol–water partition coefficient (Wildman–Crippen LogP) is 2.09. The van der Waals surface area contributed by atoms with Gasteiger partial charge in [0.05, 0.1) is 4.90 Å². The molecule has 2 aromatic rings. The molecule has 7 heteroatoms. The Balaban J connectivity index is 1.43. The van der Waals surface area contributed by atoms with Gasteiger partial charge in [-0.2, -0.15) is 0 Å². The van der Waals surface area contributed by atoms with Crippen molar-refractivity contribution in [2.45, 2.75) is 23.8 Å². The fourth-order valence-corrected chi connectivity index (χ4v) is 4.62. The molecule has 142 valence electrons. The predicted molar refractivity (Wildman–Crippen MR) is 104 cm³/mol. The average Bonchev–Trinajstić information content (AvgIpc) is 3.52. The fourth-order valence-electron chi connectivity index (χ4n) is 3.27. The summed E-state index contributed by atoms with van der Waals surface area (Å²) in [6, 6.07) is 16.5. The molecule has 1 N–H and O–H groups in total. The molecule has 1 aliphatic heterocycles. The number of carbonyl (C=O) groups excluding carboxylic acids is 1. The quantitative estimate of drug-likeness (QED) is 0.856. The fraction of sp³-hybridized carbons (Fsp3) is 0.350. The molecule has 1 amide bonds. The number of sulfonamides is 1. The molecule has 6 nitrogen and oxygen atoms in total. The zero-order valence-electron chi connectivity index (χ0n) is 15.0. The second kappa shape index (κ2) is 7.32. The van der Waals surface area contributed by atoms with Crippen LogP contribution in [0.3, 0.4) is 0 Å². The third kappa shape index (κ3) is 4.14. The van der Waals surface area contributed by atoms with Crippen LogP contribution in [0.25, 0.3) is 0 Å². The number of nitrogens with one attached hydrogen (secondary N) is 1. The summed E-state index contributed by atoms with van der Waals surface area (Å²) in [4.78, 5) is 17.0. The smallest absolute Gasteiger partial charge is 0.254 e. The first-order valence-electron chi connectivity index (χ1n) is 9.25. The van der Waals surface area contributed by atoms with E-state index in [1.165, 1.54) is 12.1 Å². The highest BCUT2D eigenvalue weighted by Gasteiger charge is 2.29. The van der Waals surface area contributed by atoms with Crippen LogP contribution in [0.1, 0.15) is 23.2 Å². The number of rotatable bonds is 5. The molecule has 0 atom stereocenters. The summed E-state index contributed by atoms with van der Waals surface area (Å²) in [6.07, 6.45) is 1.76. The topological polar surface area (TPSA) is 69.7 Å². The Morgan fingerprint density at radius 3 is 2.30 bits per heavy atom. The van der Waals surface area contributed by atoms with Crippen LogP contribution < -0.4 is 9.62 Å². The van der Waals surface area contributed by atoms with E-state index in [-0.39, 0.29) is 16.8 Å². The number of amides is 1. The molecular formula is C20H23N3O3S. The lowest BCUT2D eigenvalue weighted by atomic mass is 10.1. The van der Waals surface area contributed by atoms with Crippen LogP contribution >= 0.6 is 0 Å². The average molecular weight is 385 g/mol. The molecule has 2 aliphatic rings. The minimum absolute atomic E-state index is 0.0421. The van der Waals surface area contributed by atoms with Gasteiger partial charge in [-0.3, -0.25) is 4.79 Å². The standard InChI is InChI=1S/C20H23N3O3S/c24-20(23-13-11-22(12-14-23)18-6-2-1-3-7-18)16-5-4-8-19(15-16)27(25,26)21-17-9-10-17/h1-8,15,17,21H,9-14H2. The zero-order valence-corrected chi connectivity index (χ0v) is 15.9. The second-order valence-corrected chi connectivity index (χ2v) is 8.75. The minimum Gasteiger partial charge on any atom is -0.368 e. The van der Waals surface area contributed by atoms with Crippen molar-refractivity contribution in [1.29, 1.82) is 0 Å². The van der Waals surface area contributed by atoms with E-state index < -0.39 is 10.0 Å². The van der Waals surface area contributed by atoms with Gasteiger partial charge in [-0.25, -0.2) is 13.1 Å². The Hall–Kier alpha value is -2.38. The van der Waals surface area contributed by atoms with Gasteiger partial charge in [0.15, 0.2) is 0 Å². The lowest BCUT2D eigenvalue weighted by molar-refractivity contribution is 0.0746. The van der Waals surface area contributed by atoms with Crippen molar-refractivity contribution in [3.05, 3.63) is 60.2 Å². The first kappa shape index (κ1) is 18.0. The van der Waals surface area contributed by atoms with E-state index in [0.29, 0.717) is 18.7 Å². The van der Waals surface area contributed by atoms with Gasteiger partial charge < -0.3 is 9.80 Å². The molecule has 4 rings (SSSR count). The number of anilines is 1. The lowest BCUT2D eigenvalue weighted by Crippen LogP contribution is -2.48. The van der Waals surface area contributed by atoms with Gasteiger partial charge in [0.2, 0.25) is 10.0 Å². The van der Waals surface area contributed by atoms with E-state index in [9.17, 15) is 13.2 Å². The first-order chi connectivity index (χ1) is 13.0. The molecule has 1 saturated heterocycles. The highest BCUT2D eigenvalue weighted by molar-refractivity contribution is 7.89. The van der Waals surface area contributed by atoms with Crippen LogP contribution in [0.2, 0.25) is 0 Å². The molecule has 1 saturated carbocycles. The number of benzene rings is 2. The number of carbonyl (C=O) groups is 1. The Bertz CT molecular complexity index is 918. The van der Waals surface area contributed by atoms with Gasteiger partial charge >= 0.3 is 0 Å². The van der Waals surface area contributed by atoms with Crippen LogP contribution in [0.4, 0.5) is 5.69 Å². The minimum atomic E-state index is -3.56. The SMILES string of the molecule is O=C(c1cccc(S(=O)(=O)NC2CC2)c1)N1CCN(c2ccccc2)CC1. The monoisotopic (exact) mass is 385 g/mol. The summed E-state index contributed by atoms with van der Waals surface area (Å²) in [6.45, 7) is 2.75. The molecule has 2 fully saturated rings. The molecule has 0 unspecified atom stereocenters. The van der Waals surface area contributed by atoms with Gasteiger partial charge in [-0.05, 0) is 43.2 Å². The van der Waals surface area contributed by atoms with E-state index in [4.69, 9.17) is 0 Å². The maximum Gasteiger partial charge on any atom is 0.254 e. The van der Waals surface area contributed by atoms with Crippen molar-refractivity contribution in [1.82, 2.24) is 9.62 Å². The highest BCUT2D eigenvalue weighted by atomic mass is 32.2.